The second-order valence-electron chi connectivity index (χ2n) is 6.82. The van der Waals surface area contributed by atoms with E-state index < -0.39 is 0 Å². The highest BCUT2D eigenvalue weighted by molar-refractivity contribution is 6.32. The fourth-order valence-corrected chi connectivity index (χ4v) is 3.28. The van der Waals surface area contributed by atoms with Gasteiger partial charge >= 0.3 is 0 Å². The number of morpholine rings is 1. The third kappa shape index (κ3) is 6.92. The van der Waals surface area contributed by atoms with Crippen molar-refractivity contribution in [3.63, 3.8) is 0 Å². The van der Waals surface area contributed by atoms with Crippen molar-refractivity contribution in [1.29, 1.82) is 0 Å². The molecule has 1 heterocycles. The number of halogens is 2. The summed E-state index contributed by atoms with van der Waals surface area (Å²) in [6, 6.07) is 9.70. The van der Waals surface area contributed by atoms with Gasteiger partial charge in [-0.25, -0.2) is 9.82 Å². The van der Waals surface area contributed by atoms with Crippen LogP contribution in [0.3, 0.4) is 0 Å². The normalized spacial score (nSPS) is 14.5. The Morgan fingerprint density at radius 2 is 2.06 bits per heavy atom. The molecule has 1 N–H and O–H groups in total. The second-order valence-corrected chi connectivity index (χ2v) is 7.23. The molecule has 2 aromatic carbocycles. The summed E-state index contributed by atoms with van der Waals surface area (Å²) in [5.74, 6) is 0.167. The molecule has 0 bridgehead atoms. The minimum Gasteiger partial charge on any atom is -0.490 e. The van der Waals surface area contributed by atoms with Crippen LogP contribution >= 0.6 is 11.6 Å². The van der Waals surface area contributed by atoms with E-state index in [2.05, 4.69) is 10.5 Å². The molecule has 0 unspecified atom stereocenters. The van der Waals surface area contributed by atoms with E-state index in [1.165, 1.54) is 12.3 Å². The number of nitrogens with one attached hydrogen (secondary N) is 1. The first-order valence-corrected chi connectivity index (χ1v) is 10.4. The lowest BCUT2D eigenvalue weighted by molar-refractivity contribution is -0.123. The van der Waals surface area contributed by atoms with Gasteiger partial charge in [0, 0.05) is 18.7 Å². The van der Waals surface area contributed by atoms with Crippen molar-refractivity contribution in [3.8, 4) is 11.5 Å². The highest BCUT2D eigenvalue weighted by atomic mass is 35.5. The fourth-order valence-electron chi connectivity index (χ4n) is 3.01. The number of hydrogen-bond donors (Lipinski definition) is 1. The molecule has 1 fully saturated rings. The summed E-state index contributed by atoms with van der Waals surface area (Å²) in [6.07, 6.45) is 1.48. The lowest BCUT2D eigenvalue weighted by Gasteiger charge is -2.25. The SMILES string of the molecule is CCOc1cc(/C=N\NC(=O)CN2CCOCC2)cc(Cl)c1OCc1ccccc1F. The minimum absolute atomic E-state index is 0.0114. The van der Waals surface area contributed by atoms with E-state index in [0.29, 0.717) is 47.5 Å². The lowest BCUT2D eigenvalue weighted by Crippen LogP contribution is -2.42. The maximum absolute atomic E-state index is 13.9. The molecule has 0 saturated carbocycles. The summed E-state index contributed by atoms with van der Waals surface area (Å²) in [6.45, 7) is 5.19. The van der Waals surface area contributed by atoms with Gasteiger partial charge < -0.3 is 14.2 Å². The molecule has 1 aliphatic rings. The molecule has 1 amide bonds. The van der Waals surface area contributed by atoms with Crippen LogP contribution in [0.4, 0.5) is 4.39 Å². The molecule has 31 heavy (non-hydrogen) atoms. The van der Waals surface area contributed by atoms with Crippen LogP contribution < -0.4 is 14.9 Å². The minimum atomic E-state index is -0.354. The zero-order valence-corrected chi connectivity index (χ0v) is 18.0. The highest BCUT2D eigenvalue weighted by Crippen LogP contribution is 2.37. The van der Waals surface area contributed by atoms with Gasteiger partial charge in [-0.2, -0.15) is 5.10 Å². The molecular formula is C22H25ClFN3O4. The Balaban J connectivity index is 1.63. The first-order valence-electron chi connectivity index (χ1n) is 10.0. The van der Waals surface area contributed by atoms with Crippen LogP contribution in [0, 0.1) is 5.82 Å². The maximum atomic E-state index is 13.9. The molecule has 0 aliphatic carbocycles. The van der Waals surface area contributed by atoms with Gasteiger partial charge in [0.1, 0.15) is 12.4 Å². The molecule has 0 aromatic heterocycles. The molecule has 166 valence electrons. The molecular weight excluding hydrogens is 425 g/mol. The van der Waals surface area contributed by atoms with Crippen molar-refractivity contribution in [2.24, 2.45) is 5.10 Å². The van der Waals surface area contributed by atoms with E-state index in [9.17, 15) is 9.18 Å². The van der Waals surface area contributed by atoms with Gasteiger partial charge in [-0.1, -0.05) is 29.8 Å². The predicted octanol–water partition coefficient (Wildman–Crippen LogP) is 3.24. The number of rotatable bonds is 9. The lowest BCUT2D eigenvalue weighted by atomic mass is 10.2. The monoisotopic (exact) mass is 449 g/mol. The molecule has 2 aromatic rings. The van der Waals surface area contributed by atoms with E-state index in [0.717, 1.165) is 13.1 Å². The Morgan fingerprint density at radius 3 is 2.81 bits per heavy atom. The number of benzene rings is 2. The molecule has 3 rings (SSSR count). The van der Waals surface area contributed by atoms with Crippen molar-refractivity contribution in [2.75, 3.05) is 39.5 Å². The molecule has 0 radical (unpaired) electrons. The quantitative estimate of drug-likeness (QED) is 0.470. The van der Waals surface area contributed by atoms with Crippen molar-refractivity contribution < 1.29 is 23.4 Å². The average molecular weight is 450 g/mol. The van der Waals surface area contributed by atoms with Gasteiger partial charge in [-0.05, 0) is 30.7 Å². The van der Waals surface area contributed by atoms with Crippen LogP contribution in [0.2, 0.25) is 5.02 Å². The summed E-state index contributed by atoms with van der Waals surface area (Å²) in [7, 11) is 0. The molecule has 9 heteroatoms. The molecule has 0 spiro atoms. The number of hydrogen-bond acceptors (Lipinski definition) is 6. The first kappa shape index (κ1) is 23.0. The summed E-state index contributed by atoms with van der Waals surface area (Å²) < 4.78 is 30.5. The van der Waals surface area contributed by atoms with Crippen LogP contribution in [0.25, 0.3) is 0 Å². The van der Waals surface area contributed by atoms with E-state index in [-0.39, 0.29) is 24.9 Å². The van der Waals surface area contributed by atoms with Gasteiger partial charge in [0.25, 0.3) is 5.91 Å². The van der Waals surface area contributed by atoms with Gasteiger partial charge in [-0.3, -0.25) is 9.69 Å². The van der Waals surface area contributed by atoms with Crippen molar-refractivity contribution >= 4 is 23.7 Å². The Morgan fingerprint density at radius 1 is 1.29 bits per heavy atom. The number of carbonyl (C=O) groups excluding carboxylic acids is 1. The number of hydrazone groups is 1. The first-order chi connectivity index (χ1) is 15.1. The molecule has 7 nitrogen and oxygen atoms in total. The number of carbonyl (C=O) groups is 1. The molecule has 1 aliphatic heterocycles. The zero-order chi connectivity index (χ0) is 22.1. The molecule has 1 saturated heterocycles. The Kier molecular flexibility index (Phi) is 8.63. The fraction of sp³-hybridized carbons (Fsp3) is 0.364. The van der Waals surface area contributed by atoms with Gasteiger partial charge in [-0.15, -0.1) is 0 Å². The third-order valence-corrected chi connectivity index (χ3v) is 4.82. The number of amides is 1. The van der Waals surface area contributed by atoms with E-state index in [1.807, 2.05) is 11.8 Å². The van der Waals surface area contributed by atoms with Gasteiger partial charge in [0.05, 0.1) is 37.6 Å². The molecule has 0 atom stereocenters. The summed E-state index contributed by atoms with van der Waals surface area (Å²) in [5, 5.41) is 4.29. The van der Waals surface area contributed by atoms with Crippen molar-refractivity contribution in [3.05, 3.63) is 58.4 Å². The van der Waals surface area contributed by atoms with Crippen LogP contribution in [0.15, 0.2) is 41.5 Å². The predicted molar refractivity (Wildman–Crippen MR) is 116 cm³/mol. The summed E-state index contributed by atoms with van der Waals surface area (Å²) >= 11 is 6.38. The van der Waals surface area contributed by atoms with Crippen molar-refractivity contribution in [2.45, 2.75) is 13.5 Å². The van der Waals surface area contributed by atoms with Crippen molar-refractivity contribution in [1.82, 2.24) is 10.3 Å². The van der Waals surface area contributed by atoms with Gasteiger partial charge in [0.15, 0.2) is 11.5 Å². The van der Waals surface area contributed by atoms with E-state index in [4.69, 9.17) is 25.8 Å². The highest BCUT2D eigenvalue weighted by Gasteiger charge is 2.15. The summed E-state index contributed by atoms with van der Waals surface area (Å²) in [4.78, 5) is 14.0. The Hall–Kier alpha value is -2.68. The average Bonchev–Trinajstić information content (AvgIpc) is 2.75. The third-order valence-electron chi connectivity index (χ3n) is 4.54. The largest absolute Gasteiger partial charge is 0.490 e. The van der Waals surface area contributed by atoms with Crippen LogP contribution in [-0.4, -0.2) is 56.5 Å². The Labute approximate surface area is 185 Å². The second kappa shape index (κ2) is 11.6. The number of nitrogens with zero attached hydrogens (tertiary/aromatic N) is 2. The van der Waals surface area contributed by atoms with Crippen LogP contribution in [-0.2, 0) is 16.1 Å². The topological polar surface area (TPSA) is 72.4 Å². The Bertz CT molecular complexity index is 920. The van der Waals surface area contributed by atoms with E-state index in [1.54, 1.807) is 30.3 Å². The zero-order valence-electron chi connectivity index (χ0n) is 17.3. The summed E-state index contributed by atoms with van der Waals surface area (Å²) in [5.41, 5.74) is 3.54. The van der Waals surface area contributed by atoms with Crippen LogP contribution in [0.1, 0.15) is 18.1 Å². The van der Waals surface area contributed by atoms with Crippen LogP contribution in [0.5, 0.6) is 11.5 Å². The number of ether oxygens (including phenoxy) is 3. The maximum Gasteiger partial charge on any atom is 0.254 e. The van der Waals surface area contributed by atoms with Gasteiger partial charge in [0.2, 0.25) is 0 Å². The van der Waals surface area contributed by atoms with E-state index >= 15 is 0 Å². The standard InChI is InChI=1S/C22H25ClFN3O4/c1-2-30-20-12-16(13-25-26-21(28)14-27-7-9-29-10-8-27)11-18(23)22(20)31-15-17-5-3-4-6-19(17)24/h3-6,11-13H,2,7-10,14-15H2,1H3,(H,26,28)/b25-13-. The smallest absolute Gasteiger partial charge is 0.254 e.